The monoisotopic (exact) mass is 155 g/mol. The van der Waals surface area contributed by atoms with Gasteiger partial charge in [-0.25, -0.2) is 0 Å². The zero-order valence-electron chi connectivity index (χ0n) is 7.90. The molecule has 1 aliphatic rings. The Morgan fingerprint density at radius 1 is 1.36 bits per heavy atom. The van der Waals surface area contributed by atoms with Gasteiger partial charge in [0.15, 0.2) is 0 Å². The number of hydrogen-bond acceptors (Lipinski definition) is 1. The van der Waals surface area contributed by atoms with E-state index >= 15 is 0 Å². The SMILES string of the molecule is CCC[C@@H](N)C1(C)CCCC1. The van der Waals surface area contributed by atoms with E-state index in [1.165, 1.54) is 38.5 Å². The highest BCUT2D eigenvalue weighted by molar-refractivity contribution is 4.88. The Kier molecular flexibility index (Phi) is 2.94. The molecule has 1 fully saturated rings. The summed E-state index contributed by atoms with van der Waals surface area (Å²) < 4.78 is 0. The lowest BCUT2D eigenvalue weighted by molar-refractivity contribution is 0.249. The molecule has 0 bridgehead atoms. The highest BCUT2D eigenvalue weighted by Gasteiger charge is 2.33. The number of nitrogens with two attached hydrogens (primary N) is 1. The topological polar surface area (TPSA) is 26.0 Å². The van der Waals surface area contributed by atoms with Crippen molar-refractivity contribution in [1.82, 2.24) is 0 Å². The molecule has 0 aromatic carbocycles. The molecule has 0 saturated heterocycles. The van der Waals surface area contributed by atoms with E-state index in [0.29, 0.717) is 11.5 Å². The van der Waals surface area contributed by atoms with E-state index in [0.717, 1.165) is 0 Å². The van der Waals surface area contributed by atoms with E-state index in [4.69, 9.17) is 5.73 Å². The summed E-state index contributed by atoms with van der Waals surface area (Å²) in [6.07, 6.45) is 7.94. The van der Waals surface area contributed by atoms with Crippen molar-refractivity contribution < 1.29 is 0 Å². The fourth-order valence-electron chi connectivity index (χ4n) is 2.21. The van der Waals surface area contributed by atoms with Crippen molar-refractivity contribution in [3.63, 3.8) is 0 Å². The maximum atomic E-state index is 6.12. The maximum Gasteiger partial charge on any atom is 0.00928 e. The molecule has 1 nitrogen and oxygen atoms in total. The molecule has 0 heterocycles. The zero-order chi connectivity index (χ0) is 8.32. The Hall–Kier alpha value is -0.0400. The van der Waals surface area contributed by atoms with Gasteiger partial charge in [0.05, 0.1) is 0 Å². The second-order valence-corrected chi connectivity index (χ2v) is 4.26. The van der Waals surface area contributed by atoms with Crippen molar-refractivity contribution in [2.45, 2.75) is 58.4 Å². The minimum absolute atomic E-state index is 0.454. The van der Waals surface area contributed by atoms with Gasteiger partial charge in [-0.05, 0) is 24.7 Å². The quantitative estimate of drug-likeness (QED) is 0.666. The van der Waals surface area contributed by atoms with E-state index in [1.54, 1.807) is 0 Å². The average Bonchev–Trinajstić information content (AvgIpc) is 2.38. The zero-order valence-corrected chi connectivity index (χ0v) is 7.90. The maximum absolute atomic E-state index is 6.12. The summed E-state index contributed by atoms with van der Waals surface area (Å²) in [6.45, 7) is 4.58. The van der Waals surface area contributed by atoms with E-state index in [9.17, 15) is 0 Å². The molecule has 2 N–H and O–H groups in total. The fourth-order valence-corrected chi connectivity index (χ4v) is 2.21. The Morgan fingerprint density at radius 3 is 2.36 bits per heavy atom. The van der Waals surface area contributed by atoms with Crippen LogP contribution in [0.5, 0.6) is 0 Å². The second kappa shape index (κ2) is 3.57. The van der Waals surface area contributed by atoms with Gasteiger partial charge in [-0.15, -0.1) is 0 Å². The molecule has 0 unspecified atom stereocenters. The molecular weight excluding hydrogens is 134 g/mol. The predicted octanol–water partition coefficient (Wildman–Crippen LogP) is 2.69. The first-order valence-electron chi connectivity index (χ1n) is 4.94. The molecule has 1 aliphatic carbocycles. The Morgan fingerprint density at radius 2 is 1.91 bits per heavy atom. The molecule has 11 heavy (non-hydrogen) atoms. The standard InChI is InChI=1S/C10H21N/c1-3-6-9(11)10(2)7-4-5-8-10/h9H,3-8,11H2,1-2H3/t9-/m1/s1. The lowest BCUT2D eigenvalue weighted by Crippen LogP contribution is -2.37. The van der Waals surface area contributed by atoms with Gasteiger partial charge in [0.2, 0.25) is 0 Å². The third kappa shape index (κ3) is 1.96. The molecule has 0 radical (unpaired) electrons. The average molecular weight is 155 g/mol. The summed E-state index contributed by atoms with van der Waals surface area (Å²) in [5.74, 6) is 0. The summed E-state index contributed by atoms with van der Waals surface area (Å²) in [4.78, 5) is 0. The van der Waals surface area contributed by atoms with E-state index < -0.39 is 0 Å². The van der Waals surface area contributed by atoms with Gasteiger partial charge >= 0.3 is 0 Å². The van der Waals surface area contributed by atoms with Crippen LogP contribution < -0.4 is 5.73 Å². The predicted molar refractivity (Wildman–Crippen MR) is 49.5 cm³/mol. The van der Waals surface area contributed by atoms with Crippen LogP contribution in [-0.2, 0) is 0 Å². The minimum Gasteiger partial charge on any atom is -0.327 e. The fraction of sp³-hybridized carbons (Fsp3) is 1.00. The van der Waals surface area contributed by atoms with Crippen LogP contribution in [0, 0.1) is 5.41 Å². The van der Waals surface area contributed by atoms with Gasteiger partial charge in [-0.1, -0.05) is 33.1 Å². The van der Waals surface area contributed by atoms with Crippen LogP contribution in [0.4, 0.5) is 0 Å². The van der Waals surface area contributed by atoms with Crippen molar-refractivity contribution in [1.29, 1.82) is 0 Å². The van der Waals surface area contributed by atoms with Gasteiger partial charge in [0.1, 0.15) is 0 Å². The third-order valence-electron chi connectivity index (χ3n) is 3.24. The van der Waals surface area contributed by atoms with Crippen molar-refractivity contribution >= 4 is 0 Å². The van der Waals surface area contributed by atoms with Gasteiger partial charge in [0.25, 0.3) is 0 Å². The van der Waals surface area contributed by atoms with E-state index in [-0.39, 0.29) is 0 Å². The smallest absolute Gasteiger partial charge is 0.00928 e. The minimum atomic E-state index is 0.454. The van der Waals surface area contributed by atoms with Gasteiger partial charge in [0, 0.05) is 6.04 Å². The first kappa shape index (κ1) is 9.05. The summed E-state index contributed by atoms with van der Waals surface area (Å²) in [5, 5.41) is 0. The van der Waals surface area contributed by atoms with Crippen LogP contribution in [-0.4, -0.2) is 6.04 Å². The Balaban J connectivity index is 2.42. The van der Waals surface area contributed by atoms with E-state index in [2.05, 4.69) is 13.8 Å². The van der Waals surface area contributed by atoms with Crippen LogP contribution in [0.25, 0.3) is 0 Å². The van der Waals surface area contributed by atoms with E-state index in [1.807, 2.05) is 0 Å². The van der Waals surface area contributed by atoms with Gasteiger partial charge in [-0.2, -0.15) is 0 Å². The summed E-state index contributed by atoms with van der Waals surface area (Å²) >= 11 is 0. The van der Waals surface area contributed by atoms with Gasteiger partial charge < -0.3 is 5.73 Å². The lowest BCUT2D eigenvalue weighted by Gasteiger charge is -2.30. The van der Waals surface area contributed by atoms with Crippen molar-refractivity contribution in [3.8, 4) is 0 Å². The van der Waals surface area contributed by atoms with Crippen molar-refractivity contribution in [3.05, 3.63) is 0 Å². The molecular formula is C10H21N. The highest BCUT2D eigenvalue weighted by Crippen LogP contribution is 2.40. The summed E-state index contributed by atoms with van der Waals surface area (Å²) in [7, 11) is 0. The van der Waals surface area contributed by atoms with Crippen LogP contribution >= 0.6 is 0 Å². The normalized spacial score (nSPS) is 25.4. The van der Waals surface area contributed by atoms with Crippen LogP contribution in [0.3, 0.4) is 0 Å². The molecule has 1 heteroatoms. The molecule has 0 aliphatic heterocycles. The summed E-state index contributed by atoms with van der Waals surface area (Å²) in [5.41, 5.74) is 6.61. The van der Waals surface area contributed by atoms with Gasteiger partial charge in [-0.3, -0.25) is 0 Å². The second-order valence-electron chi connectivity index (χ2n) is 4.26. The first-order chi connectivity index (χ1) is 5.19. The molecule has 1 atom stereocenters. The summed E-state index contributed by atoms with van der Waals surface area (Å²) in [6, 6.07) is 0.454. The number of rotatable bonds is 3. The molecule has 66 valence electrons. The van der Waals surface area contributed by atoms with Crippen molar-refractivity contribution in [2.75, 3.05) is 0 Å². The molecule has 0 amide bonds. The van der Waals surface area contributed by atoms with Crippen molar-refractivity contribution in [2.24, 2.45) is 11.1 Å². The molecule has 0 spiro atoms. The lowest BCUT2D eigenvalue weighted by atomic mass is 9.79. The largest absolute Gasteiger partial charge is 0.327 e. The van der Waals surface area contributed by atoms with Crippen LogP contribution in [0.15, 0.2) is 0 Å². The third-order valence-corrected chi connectivity index (χ3v) is 3.24. The molecule has 0 aromatic rings. The molecule has 0 aromatic heterocycles. The number of hydrogen-bond donors (Lipinski definition) is 1. The van der Waals surface area contributed by atoms with Crippen LogP contribution in [0.1, 0.15) is 52.4 Å². The molecule has 1 saturated carbocycles. The first-order valence-corrected chi connectivity index (χ1v) is 4.94. The molecule has 1 rings (SSSR count). The Labute approximate surface area is 70.4 Å². The van der Waals surface area contributed by atoms with Crippen LogP contribution in [0.2, 0.25) is 0 Å². The highest BCUT2D eigenvalue weighted by atomic mass is 14.7. The Bertz CT molecular complexity index is 114.